The number of likely N-dealkylation sites (N-methyl/N-ethyl adjacent to an activating group) is 1. The van der Waals surface area contributed by atoms with Crippen LogP contribution in [0.4, 0.5) is 0 Å². The highest BCUT2D eigenvalue weighted by atomic mass is 16.5. The first kappa shape index (κ1) is 14.2. The van der Waals surface area contributed by atoms with Crippen molar-refractivity contribution in [2.24, 2.45) is 13.0 Å². The van der Waals surface area contributed by atoms with E-state index in [0.717, 1.165) is 13.2 Å². The monoisotopic (exact) mass is 239 g/mol. The summed E-state index contributed by atoms with van der Waals surface area (Å²) < 4.78 is 7.72. The Balaban J connectivity index is 2.89. The van der Waals surface area contributed by atoms with Crippen molar-refractivity contribution in [1.29, 1.82) is 0 Å². The Kier molecular flexibility index (Phi) is 5.65. The molecule has 1 rings (SSSR count). The van der Waals surface area contributed by atoms with Gasteiger partial charge in [-0.25, -0.2) is 0 Å². The predicted octanol–water partition coefficient (Wildman–Crippen LogP) is 2.13. The minimum absolute atomic E-state index is 0.184. The highest BCUT2D eigenvalue weighted by molar-refractivity contribution is 5.12. The first-order chi connectivity index (χ1) is 8.10. The van der Waals surface area contributed by atoms with Gasteiger partial charge in [0.15, 0.2) is 0 Å². The Morgan fingerprint density at radius 2 is 2.12 bits per heavy atom. The van der Waals surface area contributed by atoms with Crippen LogP contribution in [0.3, 0.4) is 0 Å². The van der Waals surface area contributed by atoms with Gasteiger partial charge in [-0.3, -0.25) is 4.68 Å². The Bertz CT molecular complexity index is 322. The molecule has 1 aromatic heterocycles. The number of aromatic nitrogens is 2. The number of nitrogens with zero attached hydrogens (tertiary/aromatic N) is 2. The molecule has 0 radical (unpaired) electrons. The lowest BCUT2D eigenvalue weighted by Crippen LogP contribution is -2.37. The lowest BCUT2D eigenvalue weighted by atomic mass is 9.95. The number of nitrogens with one attached hydrogen (secondary N) is 1. The summed E-state index contributed by atoms with van der Waals surface area (Å²) in [5, 5.41) is 7.74. The van der Waals surface area contributed by atoms with Gasteiger partial charge in [0.2, 0.25) is 0 Å². The van der Waals surface area contributed by atoms with Crippen LogP contribution in [0.5, 0.6) is 0 Å². The summed E-state index contributed by atoms with van der Waals surface area (Å²) >= 11 is 0. The molecule has 2 unspecified atom stereocenters. The third kappa shape index (κ3) is 3.82. The van der Waals surface area contributed by atoms with Crippen LogP contribution < -0.4 is 5.32 Å². The molecule has 0 aliphatic heterocycles. The molecule has 0 saturated heterocycles. The molecule has 4 nitrogen and oxygen atoms in total. The van der Waals surface area contributed by atoms with Gasteiger partial charge in [-0.05, 0) is 19.4 Å². The summed E-state index contributed by atoms with van der Waals surface area (Å²) in [7, 11) is 1.94. The molecule has 1 aromatic rings. The second-order valence-electron chi connectivity index (χ2n) is 4.65. The van der Waals surface area contributed by atoms with Crippen molar-refractivity contribution in [3.8, 4) is 0 Å². The summed E-state index contributed by atoms with van der Waals surface area (Å²) in [6.45, 7) is 10.2. The molecule has 2 atom stereocenters. The Hall–Kier alpha value is -0.870. The number of rotatable bonds is 7. The van der Waals surface area contributed by atoms with E-state index in [1.165, 1.54) is 5.56 Å². The van der Waals surface area contributed by atoms with Gasteiger partial charge in [0.1, 0.15) is 0 Å². The van der Waals surface area contributed by atoms with Crippen molar-refractivity contribution in [1.82, 2.24) is 15.1 Å². The van der Waals surface area contributed by atoms with Crippen molar-refractivity contribution >= 4 is 0 Å². The molecule has 0 amide bonds. The number of aryl methyl sites for hydroxylation is 1. The van der Waals surface area contributed by atoms with E-state index in [0.29, 0.717) is 5.92 Å². The first-order valence-electron chi connectivity index (χ1n) is 6.43. The van der Waals surface area contributed by atoms with Crippen molar-refractivity contribution < 1.29 is 4.74 Å². The maximum Gasteiger partial charge on any atom is 0.0793 e. The average Bonchev–Trinajstić information content (AvgIpc) is 2.69. The number of hydrogen-bond acceptors (Lipinski definition) is 3. The third-order valence-electron chi connectivity index (χ3n) is 2.85. The van der Waals surface area contributed by atoms with Crippen LogP contribution in [0, 0.1) is 5.92 Å². The van der Waals surface area contributed by atoms with Crippen molar-refractivity contribution in [3.05, 3.63) is 18.0 Å². The smallest absolute Gasteiger partial charge is 0.0793 e. The standard InChI is InChI=1S/C13H25N3O/c1-6-14-12(11-8-15-16(5)9-11)13(10(3)4)17-7-2/h8-10,12-14H,6-7H2,1-5H3. The second-order valence-corrected chi connectivity index (χ2v) is 4.65. The molecule has 17 heavy (non-hydrogen) atoms. The van der Waals surface area contributed by atoms with Crippen LogP contribution in [-0.4, -0.2) is 29.0 Å². The van der Waals surface area contributed by atoms with E-state index in [-0.39, 0.29) is 12.1 Å². The summed E-state index contributed by atoms with van der Waals surface area (Å²) in [6, 6.07) is 0.216. The molecule has 1 N–H and O–H groups in total. The fourth-order valence-electron chi connectivity index (χ4n) is 2.11. The molecule has 0 spiro atoms. The van der Waals surface area contributed by atoms with E-state index in [9.17, 15) is 0 Å². The lowest BCUT2D eigenvalue weighted by molar-refractivity contribution is 0.00316. The van der Waals surface area contributed by atoms with Crippen LogP contribution in [0.25, 0.3) is 0 Å². The Morgan fingerprint density at radius 3 is 2.53 bits per heavy atom. The fourth-order valence-corrected chi connectivity index (χ4v) is 2.11. The van der Waals surface area contributed by atoms with Crippen LogP contribution in [0.15, 0.2) is 12.4 Å². The van der Waals surface area contributed by atoms with Gasteiger partial charge in [-0.1, -0.05) is 20.8 Å². The van der Waals surface area contributed by atoms with Crippen LogP contribution >= 0.6 is 0 Å². The van der Waals surface area contributed by atoms with E-state index in [2.05, 4.69) is 37.4 Å². The molecule has 4 heteroatoms. The van der Waals surface area contributed by atoms with E-state index >= 15 is 0 Å². The molecule has 98 valence electrons. The van der Waals surface area contributed by atoms with Gasteiger partial charge in [-0.2, -0.15) is 5.10 Å². The SMILES string of the molecule is CCNC(c1cnn(C)c1)C(OCC)C(C)C. The van der Waals surface area contributed by atoms with Gasteiger partial charge in [0.05, 0.1) is 18.3 Å². The minimum atomic E-state index is 0.184. The Morgan fingerprint density at radius 1 is 1.41 bits per heavy atom. The highest BCUT2D eigenvalue weighted by Crippen LogP contribution is 2.24. The van der Waals surface area contributed by atoms with Crippen LogP contribution in [0.2, 0.25) is 0 Å². The largest absolute Gasteiger partial charge is 0.376 e. The van der Waals surface area contributed by atoms with E-state index < -0.39 is 0 Å². The van der Waals surface area contributed by atoms with Gasteiger partial charge < -0.3 is 10.1 Å². The maximum absolute atomic E-state index is 5.88. The Labute approximate surface area is 104 Å². The molecule has 1 heterocycles. The summed E-state index contributed by atoms with van der Waals surface area (Å²) in [5.74, 6) is 0.471. The third-order valence-corrected chi connectivity index (χ3v) is 2.85. The van der Waals surface area contributed by atoms with E-state index in [4.69, 9.17) is 4.74 Å². The second kappa shape index (κ2) is 6.77. The normalized spacial score (nSPS) is 15.2. The van der Waals surface area contributed by atoms with Gasteiger partial charge in [0.25, 0.3) is 0 Å². The lowest BCUT2D eigenvalue weighted by Gasteiger charge is -2.30. The van der Waals surface area contributed by atoms with Crippen molar-refractivity contribution in [3.63, 3.8) is 0 Å². The molecule has 0 aliphatic rings. The number of hydrogen-bond donors (Lipinski definition) is 1. The van der Waals surface area contributed by atoms with Gasteiger partial charge in [0, 0.05) is 25.4 Å². The highest BCUT2D eigenvalue weighted by Gasteiger charge is 2.26. The van der Waals surface area contributed by atoms with Crippen LogP contribution in [0.1, 0.15) is 39.3 Å². The predicted molar refractivity (Wildman–Crippen MR) is 69.9 cm³/mol. The van der Waals surface area contributed by atoms with Crippen molar-refractivity contribution in [2.45, 2.75) is 39.8 Å². The van der Waals surface area contributed by atoms with Crippen molar-refractivity contribution in [2.75, 3.05) is 13.2 Å². The zero-order chi connectivity index (χ0) is 12.8. The van der Waals surface area contributed by atoms with Gasteiger partial charge in [-0.15, -0.1) is 0 Å². The molecule has 0 aromatic carbocycles. The molecular weight excluding hydrogens is 214 g/mol. The molecule has 0 fully saturated rings. The molecule has 0 aliphatic carbocycles. The maximum atomic E-state index is 5.88. The topological polar surface area (TPSA) is 39.1 Å². The zero-order valence-electron chi connectivity index (χ0n) is 11.6. The van der Waals surface area contributed by atoms with Gasteiger partial charge >= 0.3 is 0 Å². The average molecular weight is 239 g/mol. The first-order valence-corrected chi connectivity index (χ1v) is 6.43. The summed E-state index contributed by atoms with van der Waals surface area (Å²) in [5.41, 5.74) is 1.20. The quantitative estimate of drug-likeness (QED) is 0.792. The molecular formula is C13H25N3O. The molecule has 0 saturated carbocycles. The molecule has 0 bridgehead atoms. The van der Waals surface area contributed by atoms with E-state index in [1.807, 2.05) is 24.9 Å². The number of ether oxygens (including phenoxy) is 1. The summed E-state index contributed by atoms with van der Waals surface area (Å²) in [4.78, 5) is 0. The van der Waals surface area contributed by atoms with E-state index in [1.54, 1.807) is 0 Å². The summed E-state index contributed by atoms with van der Waals surface area (Å²) in [6.07, 6.45) is 4.16. The van der Waals surface area contributed by atoms with Crippen LogP contribution in [-0.2, 0) is 11.8 Å². The minimum Gasteiger partial charge on any atom is -0.376 e. The zero-order valence-corrected chi connectivity index (χ0v) is 11.6. The fraction of sp³-hybridized carbons (Fsp3) is 0.769.